The summed E-state index contributed by atoms with van der Waals surface area (Å²) in [6.45, 7) is 0.970. The van der Waals surface area contributed by atoms with E-state index in [1.165, 1.54) is 25.7 Å². The molecule has 0 radical (unpaired) electrons. The lowest BCUT2D eigenvalue weighted by Gasteiger charge is -2.56. The Bertz CT molecular complexity index is 461. The molecule has 4 bridgehead atoms. The highest BCUT2D eigenvalue weighted by Gasteiger charge is 2.52. The number of rotatable bonds is 4. The van der Waals surface area contributed by atoms with Gasteiger partial charge in [-0.2, -0.15) is 0 Å². The van der Waals surface area contributed by atoms with E-state index in [2.05, 4.69) is 10.0 Å². The van der Waals surface area contributed by atoms with Crippen LogP contribution in [0.2, 0.25) is 0 Å². The van der Waals surface area contributed by atoms with Gasteiger partial charge in [-0.1, -0.05) is 6.42 Å². The first-order chi connectivity index (χ1) is 10.0. The third-order valence-electron chi connectivity index (χ3n) is 6.24. The van der Waals surface area contributed by atoms with Crippen molar-refractivity contribution in [2.45, 2.75) is 69.4 Å². The van der Waals surface area contributed by atoms with Crippen molar-refractivity contribution in [2.75, 3.05) is 12.3 Å². The predicted molar refractivity (Wildman–Crippen MR) is 83.5 cm³/mol. The van der Waals surface area contributed by atoms with Crippen molar-refractivity contribution >= 4 is 10.0 Å². The molecule has 0 aromatic carbocycles. The van der Waals surface area contributed by atoms with Crippen molar-refractivity contribution in [2.24, 2.45) is 17.8 Å². The monoisotopic (exact) mass is 312 g/mol. The van der Waals surface area contributed by atoms with Crippen molar-refractivity contribution in [3.05, 3.63) is 0 Å². The van der Waals surface area contributed by atoms with Crippen LogP contribution in [-0.2, 0) is 10.0 Å². The second kappa shape index (κ2) is 5.20. The van der Waals surface area contributed by atoms with Crippen LogP contribution in [0.4, 0.5) is 0 Å². The number of sulfonamides is 1. The number of nitrogens with one attached hydrogen (secondary N) is 2. The molecule has 4 saturated carbocycles. The van der Waals surface area contributed by atoms with Crippen LogP contribution >= 0.6 is 0 Å². The van der Waals surface area contributed by atoms with Crippen LogP contribution < -0.4 is 10.0 Å². The van der Waals surface area contributed by atoms with E-state index in [4.69, 9.17) is 0 Å². The molecule has 1 unspecified atom stereocenters. The first kappa shape index (κ1) is 14.5. The molecule has 0 spiro atoms. The van der Waals surface area contributed by atoms with Crippen molar-refractivity contribution in [3.8, 4) is 0 Å². The average molecular weight is 312 g/mol. The molecule has 5 fully saturated rings. The van der Waals surface area contributed by atoms with Crippen LogP contribution in [0.1, 0.15) is 57.8 Å². The lowest BCUT2D eigenvalue weighted by atomic mass is 9.53. The molecule has 21 heavy (non-hydrogen) atoms. The maximum absolute atomic E-state index is 12.6. The van der Waals surface area contributed by atoms with E-state index in [0.29, 0.717) is 0 Å². The van der Waals surface area contributed by atoms with E-state index in [-0.39, 0.29) is 17.3 Å². The molecule has 1 atom stereocenters. The third kappa shape index (κ3) is 3.02. The zero-order chi connectivity index (χ0) is 14.5. The Morgan fingerprint density at radius 3 is 2.14 bits per heavy atom. The summed E-state index contributed by atoms with van der Waals surface area (Å²) in [5, 5.41) is 3.36. The zero-order valence-corrected chi connectivity index (χ0v) is 13.6. The second-order valence-electron chi connectivity index (χ2n) is 8.23. The minimum atomic E-state index is -3.16. The van der Waals surface area contributed by atoms with E-state index in [0.717, 1.165) is 56.4 Å². The summed E-state index contributed by atoms with van der Waals surface area (Å²) in [6.07, 6.45) is 10.7. The maximum Gasteiger partial charge on any atom is 0.213 e. The summed E-state index contributed by atoms with van der Waals surface area (Å²) in [5.74, 6) is 2.62. The number of hydrogen-bond acceptors (Lipinski definition) is 3. The molecule has 4 nitrogen and oxygen atoms in total. The zero-order valence-electron chi connectivity index (χ0n) is 12.8. The molecule has 0 amide bonds. The predicted octanol–water partition coefficient (Wildman–Crippen LogP) is 2.02. The topological polar surface area (TPSA) is 58.2 Å². The third-order valence-corrected chi connectivity index (χ3v) is 7.83. The van der Waals surface area contributed by atoms with E-state index in [9.17, 15) is 8.42 Å². The highest BCUT2D eigenvalue weighted by molar-refractivity contribution is 7.89. The summed E-state index contributed by atoms with van der Waals surface area (Å²) in [6, 6.07) is 0.158. The molecule has 5 heteroatoms. The van der Waals surface area contributed by atoms with Gasteiger partial charge in [-0.3, -0.25) is 0 Å². The highest BCUT2D eigenvalue weighted by atomic mass is 32.2. The molecule has 1 heterocycles. The molecule has 2 N–H and O–H groups in total. The molecule has 5 rings (SSSR count). The van der Waals surface area contributed by atoms with Gasteiger partial charge in [0.15, 0.2) is 0 Å². The minimum Gasteiger partial charge on any atom is -0.313 e. The first-order valence-corrected chi connectivity index (χ1v) is 10.4. The lowest BCUT2D eigenvalue weighted by molar-refractivity contribution is -0.00812. The lowest BCUT2D eigenvalue weighted by Crippen LogP contribution is -2.60. The van der Waals surface area contributed by atoms with Crippen LogP contribution in [0.25, 0.3) is 0 Å². The Hall–Kier alpha value is -0.130. The molecule has 0 aromatic rings. The normalized spacial score (nSPS) is 45.9. The Labute approximate surface area is 128 Å². The largest absolute Gasteiger partial charge is 0.313 e. The van der Waals surface area contributed by atoms with Gasteiger partial charge < -0.3 is 5.32 Å². The molecule has 5 aliphatic rings. The van der Waals surface area contributed by atoms with Gasteiger partial charge in [0.25, 0.3) is 0 Å². The van der Waals surface area contributed by atoms with Gasteiger partial charge >= 0.3 is 0 Å². The molecule has 1 aliphatic heterocycles. The van der Waals surface area contributed by atoms with Gasteiger partial charge in [-0.25, -0.2) is 13.1 Å². The van der Waals surface area contributed by atoms with Gasteiger partial charge in [0.2, 0.25) is 10.0 Å². The summed E-state index contributed by atoms with van der Waals surface area (Å²) < 4.78 is 28.4. The molecular formula is C16H28N2O2S. The van der Waals surface area contributed by atoms with Gasteiger partial charge in [0, 0.05) is 11.6 Å². The number of piperidine rings is 1. The Kier molecular flexibility index (Phi) is 3.58. The molecule has 120 valence electrons. The van der Waals surface area contributed by atoms with E-state index in [1.54, 1.807) is 0 Å². The summed E-state index contributed by atoms with van der Waals surface area (Å²) in [5.41, 5.74) is -0.0811. The van der Waals surface area contributed by atoms with Gasteiger partial charge in [-0.15, -0.1) is 0 Å². The summed E-state index contributed by atoms with van der Waals surface area (Å²) >= 11 is 0. The van der Waals surface area contributed by atoms with E-state index < -0.39 is 10.0 Å². The molecule has 0 aromatic heterocycles. The fourth-order valence-corrected chi connectivity index (χ4v) is 7.75. The maximum atomic E-state index is 12.6. The van der Waals surface area contributed by atoms with Crippen LogP contribution in [-0.4, -0.2) is 32.3 Å². The van der Waals surface area contributed by atoms with Crippen LogP contribution in [0.3, 0.4) is 0 Å². The highest BCUT2D eigenvalue weighted by Crippen LogP contribution is 2.55. The summed E-state index contributed by atoms with van der Waals surface area (Å²) in [4.78, 5) is 0. The standard InChI is InChI=1S/C16H28N2O2S/c19-21(20,11-15-3-1-2-4-17-15)18-16-8-12-5-13(9-16)7-14(6-12)10-16/h12-15,17-18H,1-11H2. The van der Waals surface area contributed by atoms with Crippen LogP contribution in [0.5, 0.6) is 0 Å². The molecule has 1 saturated heterocycles. The molecular weight excluding hydrogens is 284 g/mol. The van der Waals surface area contributed by atoms with Crippen molar-refractivity contribution < 1.29 is 8.42 Å². The van der Waals surface area contributed by atoms with Gasteiger partial charge in [0.1, 0.15) is 0 Å². The average Bonchev–Trinajstić information content (AvgIpc) is 2.35. The smallest absolute Gasteiger partial charge is 0.213 e. The van der Waals surface area contributed by atoms with Crippen molar-refractivity contribution in [1.82, 2.24) is 10.0 Å². The molecule has 4 aliphatic carbocycles. The van der Waals surface area contributed by atoms with Gasteiger partial charge in [0.05, 0.1) is 5.75 Å². The fourth-order valence-electron chi connectivity index (χ4n) is 5.94. The van der Waals surface area contributed by atoms with E-state index in [1.807, 2.05) is 0 Å². The number of hydrogen-bond donors (Lipinski definition) is 2. The minimum absolute atomic E-state index is 0.0811. The first-order valence-electron chi connectivity index (χ1n) is 8.77. The van der Waals surface area contributed by atoms with Crippen LogP contribution in [0.15, 0.2) is 0 Å². The Morgan fingerprint density at radius 2 is 1.62 bits per heavy atom. The van der Waals surface area contributed by atoms with Gasteiger partial charge in [-0.05, 0) is 75.7 Å². The van der Waals surface area contributed by atoms with Crippen molar-refractivity contribution in [3.63, 3.8) is 0 Å². The summed E-state index contributed by atoms with van der Waals surface area (Å²) in [7, 11) is -3.16. The quantitative estimate of drug-likeness (QED) is 0.835. The second-order valence-corrected chi connectivity index (χ2v) is 10.00. The van der Waals surface area contributed by atoms with Crippen molar-refractivity contribution in [1.29, 1.82) is 0 Å². The SMILES string of the molecule is O=S(=O)(CC1CCCCN1)NC12CC3CC(CC(C3)C1)C2. The Balaban J connectivity index is 1.44. The van der Waals surface area contributed by atoms with E-state index >= 15 is 0 Å². The fraction of sp³-hybridized carbons (Fsp3) is 1.00. The Morgan fingerprint density at radius 1 is 1.00 bits per heavy atom. The van der Waals surface area contributed by atoms with Crippen LogP contribution in [0, 0.1) is 17.8 Å².